The number of carbonyl (C=O) groups excluding carboxylic acids is 1. The molecule has 2 nitrogen and oxygen atoms in total. The van der Waals surface area contributed by atoms with Crippen LogP contribution in [0, 0.1) is 6.92 Å². The monoisotopic (exact) mass is 257 g/mol. The number of ketones is 1. The Hall–Kier alpha value is -1.61. The average Bonchev–Trinajstić information content (AvgIpc) is 2.38. The number of hydrogen-bond acceptors (Lipinski definition) is 3. The van der Waals surface area contributed by atoms with Crippen LogP contribution >= 0.6 is 11.8 Å². The summed E-state index contributed by atoms with van der Waals surface area (Å²) in [6.07, 6.45) is 1.82. The molecule has 1 aromatic carbocycles. The highest BCUT2D eigenvalue weighted by atomic mass is 32.2. The lowest BCUT2D eigenvalue weighted by atomic mass is 10.2. The summed E-state index contributed by atoms with van der Waals surface area (Å²) in [5.74, 6) is 0.957. The Bertz CT molecular complexity index is 549. The molecule has 18 heavy (non-hydrogen) atoms. The second-order valence-corrected chi connectivity index (χ2v) is 5.18. The van der Waals surface area contributed by atoms with Crippen LogP contribution in [0.3, 0.4) is 0 Å². The summed E-state index contributed by atoms with van der Waals surface area (Å²) in [6.45, 7) is 3.65. The van der Waals surface area contributed by atoms with Crippen LogP contribution in [0.2, 0.25) is 0 Å². The molecule has 0 aliphatic carbocycles. The van der Waals surface area contributed by atoms with Crippen molar-refractivity contribution < 1.29 is 4.79 Å². The largest absolute Gasteiger partial charge is 0.295 e. The lowest BCUT2D eigenvalue weighted by Gasteiger charge is -2.04. The van der Waals surface area contributed by atoms with E-state index in [1.54, 1.807) is 18.7 Å². The standard InChI is InChI=1S/C15H15NOS/c1-11-4-3-9-16-15(11)10-18-14-7-5-13(6-8-14)12(2)17/h3-9H,10H2,1-2H3. The van der Waals surface area contributed by atoms with Gasteiger partial charge in [0, 0.05) is 22.4 Å². The Balaban J connectivity index is 2.02. The van der Waals surface area contributed by atoms with Crippen LogP contribution in [0.5, 0.6) is 0 Å². The van der Waals surface area contributed by atoms with Crippen molar-refractivity contribution in [2.24, 2.45) is 0 Å². The van der Waals surface area contributed by atoms with E-state index in [-0.39, 0.29) is 5.78 Å². The average molecular weight is 257 g/mol. The fourth-order valence-corrected chi connectivity index (χ4v) is 2.54. The summed E-state index contributed by atoms with van der Waals surface area (Å²) in [4.78, 5) is 16.7. The van der Waals surface area contributed by atoms with Gasteiger partial charge in [0.05, 0.1) is 5.69 Å². The van der Waals surface area contributed by atoms with Gasteiger partial charge in [-0.1, -0.05) is 18.2 Å². The Morgan fingerprint density at radius 3 is 2.56 bits per heavy atom. The summed E-state index contributed by atoms with van der Waals surface area (Å²) in [7, 11) is 0. The van der Waals surface area contributed by atoms with Crippen LogP contribution < -0.4 is 0 Å². The van der Waals surface area contributed by atoms with Gasteiger partial charge in [0.2, 0.25) is 0 Å². The van der Waals surface area contributed by atoms with Crippen LogP contribution in [0.25, 0.3) is 0 Å². The highest BCUT2D eigenvalue weighted by molar-refractivity contribution is 7.98. The number of Topliss-reactive ketones (excluding diaryl/α,β-unsaturated/α-hetero) is 1. The molecule has 0 saturated heterocycles. The normalized spacial score (nSPS) is 10.3. The number of carbonyl (C=O) groups is 1. The first-order valence-corrected chi connectivity index (χ1v) is 6.79. The number of thioether (sulfide) groups is 1. The van der Waals surface area contributed by atoms with Crippen molar-refractivity contribution >= 4 is 17.5 Å². The van der Waals surface area contributed by atoms with Gasteiger partial charge in [-0.15, -0.1) is 11.8 Å². The molecule has 92 valence electrons. The van der Waals surface area contributed by atoms with Gasteiger partial charge in [0.25, 0.3) is 0 Å². The zero-order chi connectivity index (χ0) is 13.0. The fraction of sp³-hybridized carbons (Fsp3) is 0.200. The number of nitrogens with zero attached hydrogens (tertiary/aromatic N) is 1. The van der Waals surface area contributed by atoms with Crippen molar-refractivity contribution in [1.82, 2.24) is 4.98 Å². The molecule has 1 heterocycles. The number of benzene rings is 1. The van der Waals surface area contributed by atoms with Crippen molar-refractivity contribution in [1.29, 1.82) is 0 Å². The van der Waals surface area contributed by atoms with E-state index in [0.717, 1.165) is 21.9 Å². The van der Waals surface area contributed by atoms with Crippen molar-refractivity contribution in [2.45, 2.75) is 24.5 Å². The van der Waals surface area contributed by atoms with Gasteiger partial charge in [-0.05, 0) is 37.6 Å². The summed E-state index contributed by atoms with van der Waals surface area (Å²) >= 11 is 1.73. The number of aryl methyl sites for hydroxylation is 1. The van der Waals surface area contributed by atoms with E-state index in [4.69, 9.17) is 0 Å². The molecule has 0 fully saturated rings. The fourth-order valence-electron chi connectivity index (χ4n) is 1.61. The first kappa shape index (κ1) is 12.8. The SMILES string of the molecule is CC(=O)c1ccc(SCc2ncccc2C)cc1. The van der Waals surface area contributed by atoms with Crippen molar-refractivity contribution in [3.63, 3.8) is 0 Å². The molecule has 0 spiro atoms. The van der Waals surface area contributed by atoms with Gasteiger partial charge in [-0.3, -0.25) is 9.78 Å². The Morgan fingerprint density at radius 1 is 1.22 bits per heavy atom. The molecular weight excluding hydrogens is 242 g/mol. The Morgan fingerprint density at radius 2 is 1.94 bits per heavy atom. The second-order valence-electron chi connectivity index (χ2n) is 4.14. The van der Waals surface area contributed by atoms with Gasteiger partial charge in [0.1, 0.15) is 0 Å². The zero-order valence-corrected chi connectivity index (χ0v) is 11.3. The summed E-state index contributed by atoms with van der Waals surface area (Å²) < 4.78 is 0. The van der Waals surface area contributed by atoms with E-state index < -0.39 is 0 Å². The minimum atomic E-state index is 0.104. The molecule has 0 saturated carbocycles. The van der Waals surface area contributed by atoms with Gasteiger partial charge in [-0.2, -0.15) is 0 Å². The van der Waals surface area contributed by atoms with Gasteiger partial charge in [-0.25, -0.2) is 0 Å². The van der Waals surface area contributed by atoms with Crippen molar-refractivity contribution in [3.05, 3.63) is 59.4 Å². The lowest BCUT2D eigenvalue weighted by molar-refractivity contribution is 0.101. The molecule has 0 atom stereocenters. The number of rotatable bonds is 4. The van der Waals surface area contributed by atoms with Gasteiger partial charge >= 0.3 is 0 Å². The third-order valence-electron chi connectivity index (χ3n) is 2.75. The summed E-state index contributed by atoms with van der Waals surface area (Å²) in [5.41, 5.74) is 3.08. The number of aromatic nitrogens is 1. The molecule has 0 amide bonds. The highest BCUT2D eigenvalue weighted by Crippen LogP contribution is 2.23. The maximum absolute atomic E-state index is 11.2. The van der Waals surface area contributed by atoms with Crippen LogP contribution in [0.1, 0.15) is 28.5 Å². The van der Waals surface area contributed by atoms with E-state index >= 15 is 0 Å². The molecule has 0 N–H and O–H groups in total. The Labute approximate surface area is 111 Å². The molecule has 2 rings (SSSR count). The van der Waals surface area contributed by atoms with E-state index in [0.29, 0.717) is 0 Å². The van der Waals surface area contributed by atoms with E-state index in [1.807, 2.05) is 36.5 Å². The van der Waals surface area contributed by atoms with Crippen molar-refractivity contribution in [2.75, 3.05) is 0 Å². The zero-order valence-electron chi connectivity index (χ0n) is 10.5. The summed E-state index contributed by atoms with van der Waals surface area (Å²) in [5, 5.41) is 0. The quantitative estimate of drug-likeness (QED) is 0.615. The topological polar surface area (TPSA) is 30.0 Å². The first-order chi connectivity index (χ1) is 8.66. The molecule has 3 heteroatoms. The predicted molar refractivity (Wildman–Crippen MR) is 75.0 cm³/mol. The molecule has 0 unspecified atom stereocenters. The first-order valence-electron chi connectivity index (χ1n) is 5.81. The number of hydrogen-bond donors (Lipinski definition) is 0. The van der Waals surface area contributed by atoms with Gasteiger partial charge < -0.3 is 0 Å². The van der Waals surface area contributed by atoms with Crippen LogP contribution in [0.4, 0.5) is 0 Å². The highest BCUT2D eigenvalue weighted by Gasteiger charge is 2.02. The van der Waals surface area contributed by atoms with E-state index in [9.17, 15) is 4.79 Å². The van der Waals surface area contributed by atoms with Crippen LogP contribution in [0.15, 0.2) is 47.5 Å². The number of pyridine rings is 1. The third kappa shape index (κ3) is 3.20. The van der Waals surface area contributed by atoms with Gasteiger partial charge in [0.15, 0.2) is 5.78 Å². The minimum absolute atomic E-state index is 0.104. The van der Waals surface area contributed by atoms with Crippen molar-refractivity contribution in [3.8, 4) is 0 Å². The van der Waals surface area contributed by atoms with E-state index in [1.165, 1.54) is 5.56 Å². The summed E-state index contributed by atoms with van der Waals surface area (Å²) in [6, 6.07) is 11.7. The van der Waals surface area contributed by atoms with Crippen LogP contribution in [-0.2, 0) is 5.75 Å². The third-order valence-corrected chi connectivity index (χ3v) is 3.78. The molecule has 1 aromatic heterocycles. The Kier molecular flexibility index (Phi) is 4.15. The molecule has 0 aliphatic rings. The minimum Gasteiger partial charge on any atom is -0.295 e. The molecular formula is C15H15NOS. The molecule has 2 aromatic rings. The smallest absolute Gasteiger partial charge is 0.159 e. The molecule has 0 radical (unpaired) electrons. The molecule has 0 aliphatic heterocycles. The molecule has 0 bridgehead atoms. The predicted octanol–water partition coefficient (Wildman–Crippen LogP) is 3.88. The van der Waals surface area contributed by atoms with Crippen LogP contribution in [-0.4, -0.2) is 10.8 Å². The maximum Gasteiger partial charge on any atom is 0.159 e. The second kappa shape index (κ2) is 5.83. The lowest BCUT2D eigenvalue weighted by Crippen LogP contribution is -1.92. The maximum atomic E-state index is 11.2. The van der Waals surface area contributed by atoms with E-state index in [2.05, 4.69) is 18.0 Å².